The van der Waals surface area contributed by atoms with Crippen molar-refractivity contribution < 1.29 is 4.79 Å². The fourth-order valence-electron chi connectivity index (χ4n) is 1.48. The van der Waals surface area contributed by atoms with Crippen molar-refractivity contribution >= 4 is 17.7 Å². The molecule has 16 heavy (non-hydrogen) atoms. The molecule has 1 heterocycles. The van der Waals surface area contributed by atoms with Crippen LogP contribution in [0.25, 0.3) is 0 Å². The van der Waals surface area contributed by atoms with E-state index in [4.69, 9.17) is 10.5 Å². The lowest BCUT2D eigenvalue weighted by Gasteiger charge is -2.23. The fraction of sp³-hybridized carbons (Fsp3) is 0.700. The van der Waals surface area contributed by atoms with Crippen molar-refractivity contribution in [3.63, 3.8) is 0 Å². The number of rotatable bonds is 5. The zero-order valence-electron chi connectivity index (χ0n) is 8.98. The first-order chi connectivity index (χ1) is 7.79. The minimum Gasteiger partial charge on any atom is -0.339 e. The molecule has 0 aromatic carbocycles. The van der Waals surface area contributed by atoms with Gasteiger partial charge >= 0.3 is 0 Å². The molecule has 1 unspecified atom stereocenters. The van der Waals surface area contributed by atoms with Crippen molar-refractivity contribution in [3.8, 4) is 12.1 Å². The smallest absolute Gasteiger partial charge is 0.240 e. The van der Waals surface area contributed by atoms with Crippen molar-refractivity contribution in [1.82, 2.24) is 10.2 Å². The van der Waals surface area contributed by atoms with Crippen LogP contribution >= 0.6 is 11.8 Å². The topological polar surface area (TPSA) is 79.9 Å². The molecule has 86 valence electrons. The second kappa shape index (κ2) is 7.10. The molecule has 1 aliphatic rings. The third-order valence-corrected chi connectivity index (χ3v) is 3.25. The lowest BCUT2D eigenvalue weighted by atomic mass is 10.2. The first kappa shape index (κ1) is 12.8. The number of nitriles is 2. The van der Waals surface area contributed by atoms with Gasteiger partial charge in [-0.2, -0.15) is 10.5 Å². The molecule has 1 rings (SSSR count). The Morgan fingerprint density at radius 2 is 2.00 bits per heavy atom. The number of hydrogen-bond donors (Lipinski definition) is 1. The third kappa shape index (κ3) is 3.73. The Morgan fingerprint density at radius 1 is 1.38 bits per heavy atom. The maximum absolute atomic E-state index is 12.0. The quantitative estimate of drug-likeness (QED) is 0.745. The Hall–Kier alpha value is -1.24. The number of amides is 1. The molecular formula is C10H14N4OS. The summed E-state index contributed by atoms with van der Waals surface area (Å²) in [6, 6.07) is 3.88. The summed E-state index contributed by atoms with van der Waals surface area (Å²) in [4.78, 5) is 13.6. The largest absolute Gasteiger partial charge is 0.339 e. The molecule has 1 amide bonds. The standard InChI is InChI=1S/C10H14N4OS/c11-3-1-5-14(6-2-4-12)10(15)9-7-16-8-13-9/h9,13H,1-2,5-8H2. The summed E-state index contributed by atoms with van der Waals surface area (Å²) in [5, 5.41) is 20.1. The number of nitrogens with zero attached hydrogens (tertiary/aromatic N) is 3. The van der Waals surface area contributed by atoms with Crippen molar-refractivity contribution in [3.05, 3.63) is 0 Å². The van der Waals surface area contributed by atoms with Gasteiger partial charge in [0.2, 0.25) is 5.91 Å². The van der Waals surface area contributed by atoms with E-state index >= 15 is 0 Å². The van der Waals surface area contributed by atoms with Crippen molar-refractivity contribution in [2.45, 2.75) is 18.9 Å². The lowest BCUT2D eigenvalue weighted by Crippen LogP contribution is -2.45. The van der Waals surface area contributed by atoms with E-state index in [-0.39, 0.29) is 11.9 Å². The van der Waals surface area contributed by atoms with E-state index < -0.39 is 0 Å². The first-order valence-electron chi connectivity index (χ1n) is 5.13. The highest BCUT2D eigenvalue weighted by Gasteiger charge is 2.26. The number of thioether (sulfide) groups is 1. The van der Waals surface area contributed by atoms with Gasteiger partial charge in [0.05, 0.1) is 31.0 Å². The Morgan fingerprint density at radius 3 is 2.44 bits per heavy atom. The third-order valence-electron chi connectivity index (χ3n) is 2.31. The molecule has 0 radical (unpaired) electrons. The summed E-state index contributed by atoms with van der Waals surface area (Å²) in [5.74, 6) is 1.57. The Labute approximate surface area is 99.4 Å². The van der Waals surface area contributed by atoms with Gasteiger partial charge < -0.3 is 4.90 Å². The van der Waals surface area contributed by atoms with Crippen LogP contribution < -0.4 is 5.32 Å². The highest BCUT2D eigenvalue weighted by atomic mass is 32.2. The molecule has 1 atom stereocenters. The number of nitrogens with one attached hydrogen (secondary N) is 1. The van der Waals surface area contributed by atoms with Crippen LogP contribution in [-0.2, 0) is 4.79 Å². The highest BCUT2D eigenvalue weighted by Crippen LogP contribution is 2.12. The van der Waals surface area contributed by atoms with E-state index in [1.807, 2.05) is 12.1 Å². The molecule has 0 aliphatic carbocycles. The Balaban J connectivity index is 2.49. The van der Waals surface area contributed by atoms with E-state index in [1.165, 1.54) is 0 Å². The minimum atomic E-state index is -0.151. The van der Waals surface area contributed by atoms with Gasteiger partial charge in [-0.05, 0) is 0 Å². The number of hydrogen-bond acceptors (Lipinski definition) is 5. The molecule has 0 aromatic heterocycles. The SMILES string of the molecule is N#CCCN(CCC#N)C(=O)C1CSCN1. The molecule has 1 fully saturated rings. The van der Waals surface area contributed by atoms with Crippen LogP contribution in [0, 0.1) is 22.7 Å². The highest BCUT2D eigenvalue weighted by molar-refractivity contribution is 7.99. The summed E-state index contributed by atoms with van der Waals surface area (Å²) in [7, 11) is 0. The molecular weight excluding hydrogens is 224 g/mol. The van der Waals surface area contributed by atoms with Crippen molar-refractivity contribution in [2.75, 3.05) is 24.7 Å². The molecule has 6 heteroatoms. The van der Waals surface area contributed by atoms with E-state index in [9.17, 15) is 4.79 Å². The van der Waals surface area contributed by atoms with Gasteiger partial charge in [-0.15, -0.1) is 11.8 Å². The van der Waals surface area contributed by atoms with Crippen LogP contribution in [0.3, 0.4) is 0 Å². The van der Waals surface area contributed by atoms with E-state index in [0.717, 1.165) is 11.6 Å². The van der Waals surface area contributed by atoms with Crippen LogP contribution in [-0.4, -0.2) is 41.6 Å². The van der Waals surface area contributed by atoms with E-state index in [2.05, 4.69) is 5.32 Å². The Bertz CT molecular complexity index is 296. The first-order valence-corrected chi connectivity index (χ1v) is 6.29. The fourth-order valence-corrected chi connectivity index (χ4v) is 2.41. The average molecular weight is 238 g/mol. The molecule has 5 nitrogen and oxygen atoms in total. The second-order valence-electron chi connectivity index (χ2n) is 3.41. The van der Waals surface area contributed by atoms with Crippen LogP contribution in [0.5, 0.6) is 0 Å². The molecule has 1 saturated heterocycles. The Kier molecular flexibility index (Phi) is 5.69. The van der Waals surface area contributed by atoms with Gasteiger partial charge in [-0.25, -0.2) is 0 Å². The van der Waals surface area contributed by atoms with E-state index in [1.54, 1.807) is 16.7 Å². The minimum absolute atomic E-state index is 0.00972. The molecule has 0 aromatic rings. The zero-order chi connectivity index (χ0) is 11.8. The summed E-state index contributed by atoms with van der Waals surface area (Å²) in [6.45, 7) is 0.833. The van der Waals surface area contributed by atoms with E-state index in [0.29, 0.717) is 25.9 Å². The number of carbonyl (C=O) groups excluding carboxylic acids is 1. The summed E-state index contributed by atoms with van der Waals surface area (Å²) >= 11 is 1.69. The predicted molar refractivity (Wildman–Crippen MR) is 61.3 cm³/mol. The normalized spacial score (nSPS) is 18.8. The van der Waals surface area contributed by atoms with Crippen LogP contribution in [0.1, 0.15) is 12.8 Å². The monoisotopic (exact) mass is 238 g/mol. The summed E-state index contributed by atoms with van der Waals surface area (Å²) in [6.07, 6.45) is 0.633. The maximum Gasteiger partial charge on any atom is 0.240 e. The van der Waals surface area contributed by atoms with Gasteiger partial charge in [0.25, 0.3) is 0 Å². The van der Waals surface area contributed by atoms with Crippen LogP contribution in [0.4, 0.5) is 0 Å². The van der Waals surface area contributed by atoms with Gasteiger partial charge in [-0.1, -0.05) is 0 Å². The predicted octanol–water partition coefficient (Wildman–Crippen LogP) is 0.305. The van der Waals surface area contributed by atoms with Crippen LogP contribution in [0.15, 0.2) is 0 Å². The van der Waals surface area contributed by atoms with Crippen LogP contribution in [0.2, 0.25) is 0 Å². The molecule has 0 bridgehead atoms. The van der Waals surface area contributed by atoms with Crippen molar-refractivity contribution in [2.24, 2.45) is 0 Å². The molecule has 1 aliphatic heterocycles. The summed E-state index contributed by atoms with van der Waals surface area (Å²) in [5.41, 5.74) is 0. The second-order valence-corrected chi connectivity index (χ2v) is 4.44. The summed E-state index contributed by atoms with van der Waals surface area (Å²) < 4.78 is 0. The molecule has 0 saturated carbocycles. The lowest BCUT2D eigenvalue weighted by molar-refractivity contribution is -0.132. The maximum atomic E-state index is 12.0. The zero-order valence-corrected chi connectivity index (χ0v) is 9.79. The molecule has 0 spiro atoms. The van der Waals surface area contributed by atoms with Gasteiger partial charge in [0.1, 0.15) is 0 Å². The van der Waals surface area contributed by atoms with Crippen molar-refractivity contribution in [1.29, 1.82) is 10.5 Å². The van der Waals surface area contributed by atoms with Gasteiger partial charge in [-0.3, -0.25) is 10.1 Å². The molecule has 1 N–H and O–H groups in total. The average Bonchev–Trinajstić information content (AvgIpc) is 2.82. The van der Waals surface area contributed by atoms with Gasteiger partial charge in [0, 0.05) is 24.7 Å². The number of carbonyl (C=O) groups is 1. The van der Waals surface area contributed by atoms with Gasteiger partial charge in [0.15, 0.2) is 0 Å².